The average Bonchev–Trinajstić information content (AvgIpc) is 3.30. The number of piperidine rings is 1. The van der Waals surface area contributed by atoms with E-state index in [1.807, 2.05) is 18.2 Å². The lowest BCUT2D eigenvalue weighted by molar-refractivity contribution is -0.189. The molecule has 7 heteroatoms. The molecule has 146 valence electrons. The van der Waals surface area contributed by atoms with Gasteiger partial charge in [0.2, 0.25) is 0 Å². The summed E-state index contributed by atoms with van der Waals surface area (Å²) in [5.74, 6) is 1.78. The van der Waals surface area contributed by atoms with Crippen molar-refractivity contribution in [2.75, 3.05) is 39.4 Å². The fourth-order valence-electron chi connectivity index (χ4n) is 3.52. The van der Waals surface area contributed by atoms with Gasteiger partial charge >= 0.3 is 0 Å². The molecule has 3 rings (SSSR count). The minimum Gasteiger partial charge on any atom is -0.469 e. The average molecular weight is 475 g/mol. The van der Waals surface area contributed by atoms with Gasteiger partial charge in [-0.25, -0.2) is 0 Å². The van der Waals surface area contributed by atoms with Gasteiger partial charge in [0.25, 0.3) is 0 Å². The fourth-order valence-corrected chi connectivity index (χ4v) is 3.52. The highest BCUT2D eigenvalue weighted by Crippen LogP contribution is 2.34. The number of ether oxygens (including phenoxy) is 2. The molecule has 0 saturated carbocycles. The van der Waals surface area contributed by atoms with Crippen LogP contribution in [0.4, 0.5) is 0 Å². The second kappa shape index (κ2) is 10.3. The van der Waals surface area contributed by atoms with Crippen molar-refractivity contribution in [1.82, 2.24) is 10.2 Å². The summed E-state index contributed by atoms with van der Waals surface area (Å²) in [6.45, 7) is 10.5. The third-order valence-electron chi connectivity index (χ3n) is 4.93. The van der Waals surface area contributed by atoms with Crippen LogP contribution in [0.2, 0.25) is 0 Å². The molecule has 0 radical (unpaired) electrons. The van der Waals surface area contributed by atoms with E-state index >= 15 is 0 Å². The van der Waals surface area contributed by atoms with Crippen LogP contribution < -0.4 is 5.32 Å². The monoisotopic (exact) mass is 475 g/mol. The van der Waals surface area contributed by atoms with Crippen molar-refractivity contribution >= 4 is 29.9 Å². The lowest BCUT2D eigenvalue weighted by Crippen LogP contribution is -2.52. The van der Waals surface area contributed by atoms with Gasteiger partial charge in [-0.2, -0.15) is 0 Å². The van der Waals surface area contributed by atoms with Gasteiger partial charge in [0.05, 0.1) is 19.5 Å². The summed E-state index contributed by atoms with van der Waals surface area (Å²) in [6.07, 6.45) is 6.59. The Labute approximate surface area is 173 Å². The topological polar surface area (TPSA) is 59.2 Å². The van der Waals surface area contributed by atoms with Crippen LogP contribution in [-0.4, -0.2) is 56.0 Å². The van der Waals surface area contributed by atoms with Crippen LogP contribution in [0.25, 0.3) is 0 Å². The second-order valence-electron chi connectivity index (χ2n) is 6.70. The first-order valence-corrected chi connectivity index (χ1v) is 9.16. The van der Waals surface area contributed by atoms with Crippen LogP contribution in [0.15, 0.2) is 40.5 Å². The van der Waals surface area contributed by atoms with Gasteiger partial charge in [-0.1, -0.05) is 6.08 Å². The molecule has 0 aromatic carbocycles. The van der Waals surface area contributed by atoms with Gasteiger partial charge in [0, 0.05) is 38.5 Å². The Morgan fingerprint density at radius 1 is 1.46 bits per heavy atom. The molecule has 2 aliphatic heterocycles. The van der Waals surface area contributed by atoms with Crippen molar-refractivity contribution in [3.63, 3.8) is 0 Å². The molecule has 6 nitrogen and oxygen atoms in total. The van der Waals surface area contributed by atoms with Gasteiger partial charge in [0.15, 0.2) is 11.7 Å². The molecule has 0 spiro atoms. The molecular weight excluding hydrogens is 445 g/mol. The van der Waals surface area contributed by atoms with Gasteiger partial charge in [-0.05, 0) is 31.9 Å². The van der Waals surface area contributed by atoms with E-state index in [0.717, 1.165) is 44.1 Å². The molecule has 1 aromatic heterocycles. The molecule has 1 aromatic rings. The van der Waals surface area contributed by atoms with Crippen molar-refractivity contribution in [1.29, 1.82) is 0 Å². The van der Waals surface area contributed by atoms with E-state index in [0.29, 0.717) is 32.2 Å². The van der Waals surface area contributed by atoms with E-state index in [1.165, 1.54) is 0 Å². The van der Waals surface area contributed by atoms with Crippen molar-refractivity contribution in [3.8, 4) is 0 Å². The van der Waals surface area contributed by atoms with Gasteiger partial charge in [0.1, 0.15) is 5.76 Å². The number of hydrogen-bond donors (Lipinski definition) is 1. The van der Waals surface area contributed by atoms with E-state index < -0.39 is 5.79 Å². The highest BCUT2D eigenvalue weighted by atomic mass is 127. The number of guanidine groups is 1. The fraction of sp³-hybridized carbons (Fsp3) is 0.632. The first-order valence-electron chi connectivity index (χ1n) is 9.16. The number of aliphatic imine (C=N–C) groups is 1. The quantitative estimate of drug-likeness (QED) is 0.297. The van der Waals surface area contributed by atoms with E-state index in [9.17, 15) is 0 Å². The van der Waals surface area contributed by atoms with Crippen molar-refractivity contribution in [2.24, 2.45) is 10.9 Å². The number of nitrogens with zero attached hydrogens (tertiary/aromatic N) is 2. The molecule has 1 atom stereocenters. The molecule has 2 aliphatic rings. The molecule has 26 heavy (non-hydrogen) atoms. The number of hydrogen-bond acceptors (Lipinski definition) is 4. The molecule has 1 N–H and O–H groups in total. The SMILES string of the molecule is C=CCNC(=NCCc1ccco1)N1CCCC(C2(C)OCCO2)C1.I. The smallest absolute Gasteiger partial charge is 0.194 e. The number of furan rings is 1. The predicted octanol–water partition coefficient (Wildman–Crippen LogP) is 3.05. The molecule has 3 heterocycles. The number of halogens is 1. The molecule has 0 bridgehead atoms. The Kier molecular flexibility index (Phi) is 8.43. The minimum atomic E-state index is -0.462. The first kappa shape index (κ1) is 21.2. The Bertz CT molecular complexity index is 571. The lowest BCUT2D eigenvalue weighted by Gasteiger charge is -2.41. The molecular formula is C19H30IN3O3. The van der Waals surface area contributed by atoms with E-state index in [1.54, 1.807) is 6.26 Å². The lowest BCUT2D eigenvalue weighted by atomic mass is 9.90. The zero-order chi connectivity index (χ0) is 17.5. The van der Waals surface area contributed by atoms with Crippen LogP contribution in [0, 0.1) is 5.92 Å². The number of nitrogens with one attached hydrogen (secondary N) is 1. The summed E-state index contributed by atoms with van der Waals surface area (Å²) in [5, 5.41) is 3.39. The van der Waals surface area contributed by atoms with Crippen LogP contribution in [-0.2, 0) is 15.9 Å². The highest BCUT2D eigenvalue weighted by molar-refractivity contribution is 14.0. The Morgan fingerprint density at radius 3 is 2.96 bits per heavy atom. The zero-order valence-electron chi connectivity index (χ0n) is 15.5. The Morgan fingerprint density at radius 2 is 2.27 bits per heavy atom. The third-order valence-corrected chi connectivity index (χ3v) is 4.93. The Balaban J connectivity index is 0.00000243. The van der Waals surface area contributed by atoms with Crippen molar-refractivity contribution in [2.45, 2.75) is 32.0 Å². The van der Waals surface area contributed by atoms with Crippen LogP contribution in [0.3, 0.4) is 0 Å². The maximum absolute atomic E-state index is 5.88. The van der Waals surface area contributed by atoms with Gasteiger partial charge in [-0.3, -0.25) is 4.99 Å². The Hall–Kier alpha value is -1.06. The van der Waals surface area contributed by atoms with Crippen LogP contribution in [0.5, 0.6) is 0 Å². The molecule has 0 aliphatic carbocycles. The summed E-state index contributed by atoms with van der Waals surface area (Å²) in [5.41, 5.74) is 0. The normalized spacial score (nSPS) is 22.7. The van der Waals surface area contributed by atoms with Gasteiger partial charge < -0.3 is 24.1 Å². The number of likely N-dealkylation sites (tertiary alicyclic amines) is 1. The minimum absolute atomic E-state index is 0. The summed E-state index contributed by atoms with van der Waals surface area (Å²) in [7, 11) is 0. The zero-order valence-corrected chi connectivity index (χ0v) is 17.8. The van der Waals surface area contributed by atoms with Crippen LogP contribution in [0.1, 0.15) is 25.5 Å². The van der Waals surface area contributed by atoms with E-state index in [-0.39, 0.29) is 24.0 Å². The molecule has 0 amide bonds. The summed E-state index contributed by atoms with van der Waals surface area (Å²) >= 11 is 0. The maximum Gasteiger partial charge on any atom is 0.194 e. The molecule has 2 saturated heterocycles. The maximum atomic E-state index is 5.88. The summed E-state index contributed by atoms with van der Waals surface area (Å²) in [6, 6.07) is 3.90. The van der Waals surface area contributed by atoms with E-state index in [4.69, 9.17) is 18.9 Å². The first-order chi connectivity index (χ1) is 12.2. The largest absolute Gasteiger partial charge is 0.469 e. The highest BCUT2D eigenvalue weighted by Gasteiger charge is 2.42. The van der Waals surface area contributed by atoms with Crippen LogP contribution >= 0.6 is 24.0 Å². The summed E-state index contributed by atoms with van der Waals surface area (Å²) < 4.78 is 17.2. The standard InChI is InChI=1S/C19H29N3O3.HI/c1-3-9-20-18(21-10-8-17-7-5-12-23-17)22-11-4-6-16(15-22)19(2)24-13-14-25-19;/h3,5,7,12,16H,1,4,6,8-11,13-15H2,2H3,(H,20,21);1H. The predicted molar refractivity (Wildman–Crippen MR) is 113 cm³/mol. The van der Waals surface area contributed by atoms with Gasteiger partial charge in [-0.15, -0.1) is 30.6 Å². The van der Waals surface area contributed by atoms with Crippen molar-refractivity contribution < 1.29 is 13.9 Å². The summed E-state index contributed by atoms with van der Waals surface area (Å²) in [4.78, 5) is 7.10. The van der Waals surface area contributed by atoms with E-state index in [2.05, 4.69) is 23.7 Å². The third kappa shape index (κ3) is 5.47. The second-order valence-corrected chi connectivity index (χ2v) is 6.70. The number of rotatable bonds is 6. The van der Waals surface area contributed by atoms with Crippen molar-refractivity contribution in [3.05, 3.63) is 36.8 Å². The molecule has 2 fully saturated rings. The molecule has 1 unspecified atom stereocenters.